The van der Waals surface area contributed by atoms with Gasteiger partial charge < -0.3 is 10.2 Å². The molecule has 0 radical (unpaired) electrons. The second-order valence-electron chi connectivity index (χ2n) is 8.57. The van der Waals surface area contributed by atoms with Gasteiger partial charge in [-0.25, -0.2) is 18.9 Å². The van der Waals surface area contributed by atoms with E-state index in [0.29, 0.717) is 40.5 Å². The zero-order valence-corrected chi connectivity index (χ0v) is 18.9. The van der Waals surface area contributed by atoms with Crippen LogP contribution in [-0.4, -0.2) is 50.7 Å². The largest absolute Gasteiger partial charge is 0.417 e. The number of nitrogens with zero attached hydrogens (tertiary/aromatic N) is 5. The summed E-state index contributed by atoms with van der Waals surface area (Å²) in [6.07, 6.45) is 1.70. The average Bonchev–Trinajstić information content (AvgIpc) is 3.23. The molecule has 6 nitrogen and oxygen atoms in total. The van der Waals surface area contributed by atoms with Crippen LogP contribution in [0.5, 0.6) is 0 Å². The topological polar surface area (TPSA) is 58.4 Å². The Morgan fingerprint density at radius 1 is 1.00 bits per heavy atom. The molecule has 0 amide bonds. The van der Waals surface area contributed by atoms with Gasteiger partial charge in [0.1, 0.15) is 11.5 Å². The monoisotopic (exact) mass is 484 g/mol. The van der Waals surface area contributed by atoms with Crippen LogP contribution in [0.4, 0.5) is 23.5 Å². The van der Waals surface area contributed by atoms with Crippen molar-refractivity contribution in [2.24, 2.45) is 0 Å². The Bertz CT molecular complexity index is 1330. The van der Waals surface area contributed by atoms with Crippen LogP contribution in [0.3, 0.4) is 0 Å². The average molecular weight is 485 g/mol. The van der Waals surface area contributed by atoms with Crippen molar-refractivity contribution in [3.8, 4) is 22.5 Å². The number of nitrogens with one attached hydrogen (secondary N) is 1. The lowest BCUT2D eigenvalue weighted by atomic mass is 10.0. The summed E-state index contributed by atoms with van der Waals surface area (Å²) in [5.41, 5.74) is 1.36. The van der Waals surface area contributed by atoms with Crippen molar-refractivity contribution >= 4 is 11.5 Å². The highest BCUT2D eigenvalue weighted by Gasteiger charge is 2.31. The Morgan fingerprint density at radius 2 is 1.83 bits per heavy atom. The van der Waals surface area contributed by atoms with Gasteiger partial charge in [0.15, 0.2) is 0 Å². The minimum absolute atomic E-state index is 0.335. The molecule has 0 unspecified atom stereocenters. The van der Waals surface area contributed by atoms with Crippen molar-refractivity contribution < 1.29 is 17.6 Å². The Labute approximate surface area is 199 Å². The Kier molecular flexibility index (Phi) is 6.38. The highest BCUT2D eigenvalue weighted by atomic mass is 19.4. The number of likely N-dealkylation sites (tertiary alicyclic amines) is 1. The summed E-state index contributed by atoms with van der Waals surface area (Å²) in [7, 11) is 0. The molecule has 1 saturated heterocycles. The molecule has 0 spiro atoms. The Hall–Kier alpha value is -3.53. The van der Waals surface area contributed by atoms with Crippen LogP contribution in [0.15, 0.2) is 54.9 Å². The third-order valence-electron chi connectivity index (χ3n) is 6.13. The Morgan fingerprint density at radius 3 is 2.60 bits per heavy atom. The SMILES string of the molecule is Fc1cccc(-c2nn3cc(C(F)(F)F)ccc3c2-c2ccnc(NCCN3CCCCC3)n2)c1. The van der Waals surface area contributed by atoms with Crippen LogP contribution in [0.1, 0.15) is 24.8 Å². The minimum atomic E-state index is -4.51. The summed E-state index contributed by atoms with van der Waals surface area (Å²) < 4.78 is 55.1. The first kappa shape index (κ1) is 23.2. The molecule has 0 aliphatic carbocycles. The van der Waals surface area contributed by atoms with Gasteiger partial charge in [-0.1, -0.05) is 18.6 Å². The molecular formula is C25H24F4N6. The van der Waals surface area contributed by atoms with E-state index in [1.165, 1.54) is 48.0 Å². The van der Waals surface area contributed by atoms with Gasteiger partial charge in [0.05, 0.1) is 22.3 Å². The number of rotatable bonds is 6. The van der Waals surface area contributed by atoms with Crippen molar-refractivity contribution in [2.45, 2.75) is 25.4 Å². The van der Waals surface area contributed by atoms with Crippen molar-refractivity contribution in [2.75, 3.05) is 31.5 Å². The lowest BCUT2D eigenvalue weighted by Crippen LogP contribution is -2.33. The fourth-order valence-corrected chi connectivity index (χ4v) is 4.40. The van der Waals surface area contributed by atoms with Gasteiger partial charge >= 0.3 is 6.18 Å². The zero-order valence-electron chi connectivity index (χ0n) is 18.9. The molecule has 182 valence electrons. The van der Waals surface area contributed by atoms with E-state index in [4.69, 9.17) is 0 Å². The molecule has 10 heteroatoms. The molecule has 1 aliphatic heterocycles. The molecule has 1 aliphatic rings. The normalized spacial score (nSPS) is 15.0. The van der Waals surface area contributed by atoms with E-state index >= 15 is 0 Å². The molecule has 5 rings (SSSR count). The number of anilines is 1. The van der Waals surface area contributed by atoms with E-state index in [1.54, 1.807) is 18.3 Å². The molecular weight excluding hydrogens is 460 g/mol. The number of aromatic nitrogens is 4. The van der Waals surface area contributed by atoms with Gasteiger partial charge in [-0.05, 0) is 56.3 Å². The third-order valence-corrected chi connectivity index (χ3v) is 6.13. The summed E-state index contributed by atoms with van der Waals surface area (Å²) in [5.74, 6) is -0.0554. The molecule has 1 fully saturated rings. The standard InChI is InChI=1S/C25H24F4N6/c26-19-6-4-5-17(15-19)23-22(21-8-7-18(25(27,28)29)16-35(21)33-23)20-9-10-30-24(32-20)31-11-14-34-12-2-1-3-13-34/h4-10,15-16H,1-3,11-14H2,(H,30,31,32). The number of alkyl halides is 3. The summed E-state index contributed by atoms with van der Waals surface area (Å²) in [5, 5.41) is 7.63. The van der Waals surface area contributed by atoms with Gasteiger partial charge in [0.25, 0.3) is 0 Å². The molecule has 35 heavy (non-hydrogen) atoms. The van der Waals surface area contributed by atoms with E-state index in [-0.39, 0.29) is 0 Å². The van der Waals surface area contributed by atoms with Crippen molar-refractivity contribution in [1.82, 2.24) is 24.5 Å². The van der Waals surface area contributed by atoms with Gasteiger partial charge in [-0.15, -0.1) is 0 Å². The van der Waals surface area contributed by atoms with Gasteiger partial charge in [-0.2, -0.15) is 18.3 Å². The summed E-state index contributed by atoms with van der Waals surface area (Å²) >= 11 is 0. The predicted molar refractivity (Wildman–Crippen MR) is 125 cm³/mol. The number of fused-ring (bicyclic) bond motifs is 1. The third kappa shape index (κ3) is 5.12. The number of hydrogen-bond acceptors (Lipinski definition) is 5. The van der Waals surface area contributed by atoms with E-state index in [1.807, 2.05) is 0 Å². The molecule has 1 N–H and O–H groups in total. The summed E-state index contributed by atoms with van der Waals surface area (Å²) in [6.45, 7) is 3.72. The number of piperidine rings is 1. The van der Waals surface area contributed by atoms with E-state index in [2.05, 4.69) is 25.3 Å². The minimum Gasteiger partial charge on any atom is -0.353 e. The maximum Gasteiger partial charge on any atom is 0.417 e. The first-order valence-electron chi connectivity index (χ1n) is 11.5. The van der Waals surface area contributed by atoms with Crippen LogP contribution in [0.2, 0.25) is 0 Å². The molecule has 3 aromatic heterocycles. The van der Waals surface area contributed by atoms with Crippen LogP contribution < -0.4 is 5.32 Å². The molecule has 0 saturated carbocycles. The summed E-state index contributed by atoms with van der Waals surface area (Å²) in [4.78, 5) is 11.3. The second-order valence-corrected chi connectivity index (χ2v) is 8.57. The van der Waals surface area contributed by atoms with Crippen LogP contribution >= 0.6 is 0 Å². The van der Waals surface area contributed by atoms with E-state index in [9.17, 15) is 17.6 Å². The first-order valence-corrected chi connectivity index (χ1v) is 11.5. The number of halogens is 4. The first-order chi connectivity index (χ1) is 16.9. The number of hydrogen-bond donors (Lipinski definition) is 1. The van der Waals surface area contributed by atoms with Crippen LogP contribution in [-0.2, 0) is 6.18 Å². The number of pyridine rings is 1. The summed E-state index contributed by atoms with van der Waals surface area (Å²) in [6, 6.07) is 9.84. The van der Waals surface area contributed by atoms with E-state index in [0.717, 1.165) is 31.9 Å². The maximum atomic E-state index is 14.0. The maximum absolute atomic E-state index is 14.0. The smallest absolute Gasteiger partial charge is 0.353 e. The molecule has 0 bridgehead atoms. The quantitative estimate of drug-likeness (QED) is 0.366. The van der Waals surface area contributed by atoms with Crippen molar-refractivity contribution in [3.05, 3.63) is 66.2 Å². The zero-order chi connectivity index (χ0) is 24.4. The highest BCUT2D eigenvalue weighted by molar-refractivity contribution is 5.91. The Balaban J connectivity index is 1.52. The highest BCUT2D eigenvalue weighted by Crippen LogP contribution is 2.36. The molecule has 4 aromatic rings. The second kappa shape index (κ2) is 9.61. The van der Waals surface area contributed by atoms with Gasteiger partial charge in [0.2, 0.25) is 5.95 Å². The molecule has 0 atom stereocenters. The van der Waals surface area contributed by atoms with Crippen LogP contribution in [0, 0.1) is 5.82 Å². The van der Waals surface area contributed by atoms with Gasteiger partial charge in [0, 0.05) is 31.0 Å². The van der Waals surface area contributed by atoms with Crippen molar-refractivity contribution in [1.29, 1.82) is 0 Å². The van der Waals surface area contributed by atoms with Gasteiger partial charge in [-0.3, -0.25) is 0 Å². The predicted octanol–water partition coefficient (Wildman–Crippen LogP) is 5.51. The fraction of sp³-hybridized carbons (Fsp3) is 0.320. The lowest BCUT2D eigenvalue weighted by Gasteiger charge is -2.26. The number of benzene rings is 1. The molecule has 4 heterocycles. The lowest BCUT2D eigenvalue weighted by molar-refractivity contribution is -0.137. The molecule has 1 aromatic carbocycles. The fourth-order valence-electron chi connectivity index (χ4n) is 4.40. The van der Waals surface area contributed by atoms with E-state index < -0.39 is 17.6 Å². The van der Waals surface area contributed by atoms with Crippen molar-refractivity contribution in [3.63, 3.8) is 0 Å². The van der Waals surface area contributed by atoms with Crippen LogP contribution in [0.25, 0.3) is 28.0 Å².